The van der Waals surface area contributed by atoms with Crippen LogP contribution in [-0.4, -0.2) is 164 Å². The van der Waals surface area contributed by atoms with Gasteiger partial charge in [0.2, 0.25) is 17.7 Å². The number of urea groups is 1. The van der Waals surface area contributed by atoms with Gasteiger partial charge in [0, 0.05) is 86.5 Å². The molecule has 0 saturated heterocycles. The van der Waals surface area contributed by atoms with Gasteiger partial charge in [0.1, 0.15) is 24.5 Å². The summed E-state index contributed by atoms with van der Waals surface area (Å²) in [6, 6.07) is 19.9. The Bertz CT molecular complexity index is 4300. The van der Waals surface area contributed by atoms with Crippen molar-refractivity contribution in [2.75, 3.05) is 55.4 Å². The van der Waals surface area contributed by atoms with Crippen LogP contribution >= 0.6 is 11.3 Å². The molecule has 4 saturated carbocycles. The molecule has 99 heavy (non-hydrogen) atoms. The molecule has 7 atom stereocenters. The van der Waals surface area contributed by atoms with Crippen molar-refractivity contribution < 1.29 is 70.7 Å². The van der Waals surface area contributed by atoms with Crippen molar-refractivity contribution in [3.05, 3.63) is 131 Å². The summed E-state index contributed by atoms with van der Waals surface area (Å²) in [5.74, 6) is -5.98. The van der Waals surface area contributed by atoms with Gasteiger partial charge in [-0.3, -0.25) is 48.2 Å². The molecule has 4 aliphatic carbocycles. The maximum Gasteiger partial charge on any atom is 0.409 e. The number of pyridine rings is 1. The van der Waals surface area contributed by atoms with Crippen LogP contribution in [0.3, 0.4) is 0 Å². The number of aromatic carboxylic acids is 1. The number of primary amides is 1. The summed E-state index contributed by atoms with van der Waals surface area (Å²) < 4.78 is 50.3. The Labute approximate surface area is 575 Å². The number of para-hydroxylation sites is 1. The number of ether oxygens (including phenoxy) is 2. The van der Waals surface area contributed by atoms with Crippen LogP contribution in [0.25, 0.3) is 21.3 Å². The highest BCUT2D eigenvalue weighted by Gasteiger charge is 2.74. The zero-order valence-electron chi connectivity index (χ0n) is 55.8. The second-order valence-electron chi connectivity index (χ2n) is 27.7. The van der Waals surface area contributed by atoms with E-state index < -0.39 is 99.6 Å². The Morgan fingerprint density at radius 2 is 1.59 bits per heavy atom. The average molecular weight is 1400 g/mol. The van der Waals surface area contributed by atoms with Gasteiger partial charge in [0.15, 0.2) is 16.1 Å². The van der Waals surface area contributed by atoms with Crippen molar-refractivity contribution >= 4 is 102 Å². The number of imide groups is 1. The standard InChI is InChI=1S/C69H81N13O15S2/c1-40(2)56(77-60(87)52(99(93,94)95)25-28-81-54(83)22-23-55(81)84)61(88)74-50(14-10-26-71-63(70)91)59(86)73-44-18-16-42(17-19-44)33-96-65(92)79(6)29-30-97-69-36-66(4)34-67(69,5)37-68(35-66,38-69)39-82-41(3)47(31-72-82)45-20-21-53(76-57(45)62(89)90)80-27-24-43-11-9-12-46(48(43)32-80)58(85)78-64-75-49-13-7-8-15-51(49)98-64/h7-9,11-13,15-23,31,40,50,52,56H,10,14,24-30,32-39H2,1-6H3,(H,73,86)(H,74,88)(H,77,87)(H,89,90)(H3,70,71,91)(H,75,78,85)(H,93,94,95)/t50-,52+,56-,66?,67?,68?,69?/m0/s1. The molecule has 0 radical (unpaired) electrons. The van der Waals surface area contributed by atoms with Crippen LogP contribution < -0.4 is 37.2 Å². The summed E-state index contributed by atoms with van der Waals surface area (Å²) in [6.45, 7) is 11.1. The van der Waals surface area contributed by atoms with Crippen LogP contribution in [0, 0.1) is 29.1 Å². The summed E-state index contributed by atoms with van der Waals surface area (Å²) in [6.07, 6.45) is 7.67. The van der Waals surface area contributed by atoms with E-state index >= 15 is 0 Å². The third-order valence-corrected chi connectivity index (χ3v) is 22.0. The van der Waals surface area contributed by atoms with E-state index in [9.17, 15) is 61.2 Å². The molecular formula is C69H81N13O15S2. The maximum atomic E-state index is 13.8. The van der Waals surface area contributed by atoms with E-state index in [1.807, 2.05) is 59.0 Å². The van der Waals surface area contributed by atoms with E-state index in [0.29, 0.717) is 69.8 Å². The van der Waals surface area contributed by atoms with Gasteiger partial charge in [-0.15, -0.1) is 0 Å². The number of benzene rings is 3. The van der Waals surface area contributed by atoms with E-state index in [4.69, 9.17) is 25.3 Å². The number of rotatable bonds is 28. The minimum absolute atomic E-state index is 0.00341. The number of aromatic nitrogens is 4. The Morgan fingerprint density at radius 3 is 2.29 bits per heavy atom. The number of thiazole rings is 1. The number of nitrogens with two attached hydrogens (primary N) is 1. The number of hydrogen-bond acceptors (Lipinski definition) is 18. The first-order valence-corrected chi connectivity index (χ1v) is 35.1. The molecule has 2 aliphatic heterocycles. The molecule has 9 N–H and O–H groups in total. The zero-order valence-corrected chi connectivity index (χ0v) is 57.4. The highest BCUT2D eigenvalue weighted by molar-refractivity contribution is 7.87. The highest BCUT2D eigenvalue weighted by Crippen LogP contribution is 2.77. The second-order valence-corrected chi connectivity index (χ2v) is 30.3. The molecular weight excluding hydrogens is 1310 g/mol. The minimum atomic E-state index is -5.11. The first-order valence-electron chi connectivity index (χ1n) is 32.8. The van der Waals surface area contributed by atoms with Gasteiger partial charge < -0.3 is 51.4 Å². The summed E-state index contributed by atoms with van der Waals surface area (Å²) in [7, 11) is -3.48. The van der Waals surface area contributed by atoms with Crippen LogP contribution in [0.5, 0.6) is 0 Å². The first-order chi connectivity index (χ1) is 46.9. The molecule has 5 heterocycles. The largest absolute Gasteiger partial charge is 0.476 e. The number of hydrogen-bond donors (Lipinski definition) is 8. The van der Waals surface area contributed by atoms with Gasteiger partial charge in [0.25, 0.3) is 27.8 Å². The van der Waals surface area contributed by atoms with Crippen LogP contribution in [0.4, 0.5) is 26.2 Å². The van der Waals surface area contributed by atoms with Crippen molar-refractivity contribution in [3.63, 3.8) is 0 Å². The fourth-order valence-corrected chi connectivity index (χ4v) is 17.3. The van der Waals surface area contributed by atoms with Crippen LogP contribution in [-0.2, 0) is 69.7 Å². The number of carbonyl (C=O) groups excluding carboxylic acids is 8. The molecule has 4 bridgehead atoms. The normalized spacial score (nSPS) is 21.5. The van der Waals surface area contributed by atoms with Gasteiger partial charge in [-0.05, 0) is 146 Å². The topological polar surface area (TPSA) is 386 Å². The van der Waals surface area contributed by atoms with Gasteiger partial charge >= 0.3 is 18.1 Å². The third kappa shape index (κ3) is 15.3. The van der Waals surface area contributed by atoms with Crippen LogP contribution in [0.15, 0.2) is 97.2 Å². The molecule has 6 aliphatic rings. The average Bonchev–Trinajstić information content (AvgIpc) is 1.50. The van der Waals surface area contributed by atoms with Gasteiger partial charge in [-0.25, -0.2) is 24.4 Å². The van der Waals surface area contributed by atoms with Crippen molar-refractivity contribution in [1.29, 1.82) is 0 Å². The van der Waals surface area contributed by atoms with E-state index in [1.165, 1.54) is 16.2 Å². The molecule has 4 unspecified atom stereocenters. The lowest BCUT2D eigenvalue weighted by Gasteiger charge is -2.46. The molecule has 30 heteroatoms. The van der Waals surface area contributed by atoms with E-state index in [1.54, 1.807) is 63.5 Å². The quantitative estimate of drug-likeness (QED) is 0.0139. The molecule has 4 fully saturated rings. The number of amides is 9. The monoisotopic (exact) mass is 1400 g/mol. The lowest BCUT2D eigenvalue weighted by Crippen LogP contribution is -2.56. The number of likely N-dealkylation sites (N-methyl/N-ethyl adjacent to an activating group) is 1. The van der Waals surface area contributed by atoms with E-state index in [-0.39, 0.29) is 67.0 Å². The lowest BCUT2D eigenvalue weighted by atomic mass is 9.60. The number of nitrogens with one attached hydrogen (secondary N) is 5. The number of carboxylic acid groups (broad SMARTS) is 1. The third-order valence-electron chi connectivity index (χ3n) is 19.9. The molecule has 524 valence electrons. The van der Waals surface area contributed by atoms with Gasteiger partial charge in [0.05, 0.1) is 28.6 Å². The summed E-state index contributed by atoms with van der Waals surface area (Å²) in [5.41, 5.74) is 10.4. The van der Waals surface area contributed by atoms with E-state index in [0.717, 1.165) is 71.3 Å². The number of carboxylic acids is 1. The second kappa shape index (κ2) is 28.3. The molecule has 3 aromatic carbocycles. The van der Waals surface area contributed by atoms with Gasteiger partial charge in [-0.2, -0.15) is 13.5 Å². The van der Waals surface area contributed by atoms with Gasteiger partial charge in [-0.1, -0.05) is 75.4 Å². The Balaban J connectivity index is 0.673. The molecule has 12 rings (SSSR count). The Hall–Kier alpha value is -9.65. The molecule has 3 aromatic heterocycles. The number of fused-ring (bicyclic) bond motifs is 2. The predicted octanol–water partition coefficient (Wildman–Crippen LogP) is 6.97. The summed E-state index contributed by atoms with van der Waals surface area (Å²) in [4.78, 5) is 130. The first kappa shape index (κ1) is 70.7. The van der Waals surface area contributed by atoms with Crippen molar-refractivity contribution in [2.24, 2.45) is 27.9 Å². The van der Waals surface area contributed by atoms with Crippen molar-refractivity contribution in [3.8, 4) is 11.1 Å². The SMILES string of the molecule is Cc1c(-c2ccc(N3CCc4cccc(C(=O)Nc5nc6ccccc6s5)c4C3)nc2C(=O)O)cnn1CC12CC3(C)CC(C)(C1)C(OCCN(C)C(=O)OCc1ccc(NC(=O)[C@H](CCCNC(N)=O)NC(=O)[C@@H](NC(=O)[C@@H](CCN4C(=O)C=CC4=O)S(=O)(=O)O)C(C)C)cc1)(C3)C2. The van der Waals surface area contributed by atoms with Crippen molar-refractivity contribution in [1.82, 2.24) is 45.5 Å². The lowest BCUT2D eigenvalue weighted by molar-refractivity contribution is -0.137. The maximum absolute atomic E-state index is 13.8. The van der Waals surface area contributed by atoms with Crippen molar-refractivity contribution in [2.45, 2.75) is 135 Å². The fourth-order valence-electron chi connectivity index (χ4n) is 15.7. The molecule has 9 amide bonds. The predicted molar refractivity (Wildman–Crippen MR) is 366 cm³/mol. The van der Waals surface area contributed by atoms with Crippen LogP contribution in [0.1, 0.15) is 122 Å². The van der Waals surface area contributed by atoms with Crippen LogP contribution in [0.2, 0.25) is 0 Å². The number of anilines is 3. The van der Waals surface area contributed by atoms with E-state index in [2.05, 4.69) is 45.4 Å². The molecule has 28 nitrogen and oxygen atoms in total. The smallest absolute Gasteiger partial charge is 0.409 e. The fraction of sp³-hybridized carbons (Fsp3) is 0.449. The molecule has 0 spiro atoms. The minimum Gasteiger partial charge on any atom is -0.476 e. The Morgan fingerprint density at radius 1 is 0.838 bits per heavy atom. The zero-order chi connectivity index (χ0) is 70.9. The Kier molecular flexibility index (Phi) is 20.2. The summed E-state index contributed by atoms with van der Waals surface area (Å²) >= 11 is 1.41. The number of nitrogens with zero attached hydrogens (tertiary/aromatic N) is 7. The molecule has 6 aromatic rings. The number of carbonyl (C=O) groups is 9. The summed E-state index contributed by atoms with van der Waals surface area (Å²) in [5, 5.41) is 27.0. The highest BCUT2D eigenvalue weighted by atomic mass is 32.2.